The van der Waals surface area contributed by atoms with E-state index in [2.05, 4.69) is 41.0 Å². The predicted octanol–water partition coefficient (Wildman–Crippen LogP) is 4.09. The van der Waals surface area contributed by atoms with Crippen molar-refractivity contribution < 1.29 is 0 Å². The number of aromatic nitrogens is 1. The van der Waals surface area contributed by atoms with E-state index in [9.17, 15) is 0 Å². The van der Waals surface area contributed by atoms with Crippen LogP contribution < -0.4 is 5.32 Å². The van der Waals surface area contributed by atoms with Gasteiger partial charge in [0.25, 0.3) is 0 Å². The summed E-state index contributed by atoms with van der Waals surface area (Å²) in [5.74, 6) is 1.05. The second-order valence-electron chi connectivity index (χ2n) is 6.67. The lowest BCUT2D eigenvalue weighted by atomic mass is 9.78. The van der Waals surface area contributed by atoms with Crippen LogP contribution in [0.25, 0.3) is 0 Å². The van der Waals surface area contributed by atoms with Crippen LogP contribution in [0, 0.1) is 12.3 Å². The van der Waals surface area contributed by atoms with Crippen LogP contribution in [0.5, 0.6) is 0 Å². The first-order valence-corrected chi connectivity index (χ1v) is 9.25. The molecule has 1 aliphatic rings. The summed E-state index contributed by atoms with van der Waals surface area (Å²) in [6.45, 7) is 9.96. The summed E-state index contributed by atoms with van der Waals surface area (Å²) < 4.78 is 0. The monoisotopic (exact) mass is 450 g/mol. The van der Waals surface area contributed by atoms with Gasteiger partial charge in [0.05, 0.1) is 5.01 Å². The highest BCUT2D eigenvalue weighted by Gasteiger charge is 2.31. The van der Waals surface area contributed by atoms with E-state index >= 15 is 0 Å². The summed E-state index contributed by atoms with van der Waals surface area (Å²) in [7, 11) is 1.89. The first kappa shape index (κ1) is 20.7. The summed E-state index contributed by atoms with van der Waals surface area (Å²) in [6, 6.07) is 0. The molecular weight excluding hydrogens is 419 g/mol. The van der Waals surface area contributed by atoms with Crippen LogP contribution in [0.2, 0.25) is 0 Å². The zero-order valence-electron chi connectivity index (χ0n) is 14.9. The maximum absolute atomic E-state index is 4.49. The van der Waals surface area contributed by atoms with Gasteiger partial charge in [-0.15, -0.1) is 35.3 Å². The topological polar surface area (TPSA) is 40.5 Å². The quantitative estimate of drug-likeness (QED) is 0.418. The lowest BCUT2D eigenvalue weighted by Gasteiger charge is -2.42. The second kappa shape index (κ2) is 9.81. The molecule has 0 amide bonds. The maximum Gasteiger partial charge on any atom is 0.193 e. The van der Waals surface area contributed by atoms with E-state index in [0.717, 1.165) is 32.0 Å². The van der Waals surface area contributed by atoms with Crippen molar-refractivity contribution in [2.75, 3.05) is 26.7 Å². The highest BCUT2D eigenvalue weighted by molar-refractivity contribution is 14.0. The van der Waals surface area contributed by atoms with Crippen molar-refractivity contribution in [1.82, 2.24) is 15.2 Å². The number of likely N-dealkylation sites (tertiary alicyclic amines) is 1. The molecular formula is C17H31IN4S. The van der Waals surface area contributed by atoms with Crippen molar-refractivity contribution in [3.8, 4) is 0 Å². The number of aryl methyl sites for hydroxylation is 1. The van der Waals surface area contributed by atoms with Gasteiger partial charge in [0.2, 0.25) is 0 Å². The van der Waals surface area contributed by atoms with Gasteiger partial charge >= 0.3 is 0 Å². The van der Waals surface area contributed by atoms with E-state index in [1.807, 2.05) is 13.2 Å². The van der Waals surface area contributed by atoms with Gasteiger partial charge in [0.1, 0.15) is 0 Å². The maximum atomic E-state index is 4.49. The molecule has 23 heavy (non-hydrogen) atoms. The molecule has 1 saturated heterocycles. The highest BCUT2D eigenvalue weighted by Crippen LogP contribution is 2.33. The average Bonchev–Trinajstić information content (AvgIpc) is 2.89. The van der Waals surface area contributed by atoms with Gasteiger partial charge < -0.3 is 10.2 Å². The number of nitrogens with one attached hydrogen (secondary N) is 1. The molecule has 1 atom stereocenters. The average molecular weight is 450 g/mol. The molecule has 1 unspecified atom stereocenters. The fourth-order valence-electron chi connectivity index (χ4n) is 3.43. The minimum absolute atomic E-state index is 0. The third kappa shape index (κ3) is 6.21. The van der Waals surface area contributed by atoms with Gasteiger partial charge in [-0.1, -0.05) is 20.3 Å². The van der Waals surface area contributed by atoms with Gasteiger partial charge in [-0.05, 0) is 31.6 Å². The molecule has 1 aliphatic heterocycles. The molecule has 0 bridgehead atoms. The first-order chi connectivity index (χ1) is 10.6. The minimum atomic E-state index is 0. The van der Waals surface area contributed by atoms with E-state index in [-0.39, 0.29) is 24.0 Å². The van der Waals surface area contributed by atoms with E-state index < -0.39 is 0 Å². The molecule has 1 aromatic heterocycles. The molecule has 2 heterocycles. The summed E-state index contributed by atoms with van der Waals surface area (Å²) >= 11 is 1.78. The normalized spacial score (nSPS) is 21.9. The largest absolute Gasteiger partial charge is 0.356 e. The Labute approximate surface area is 162 Å². The van der Waals surface area contributed by atoms with Crippen LogP contribution >= 0.6 is 35.3 Å². The summed E-state index contributed by atoms with van der Waals surface area (Å²) in [5.41, 5.74) is 0.442. The molecule has 132 valence electrons. The summed E-state index contributed by atoms with van der Waals surface area (Å²) in [5, 5.41) is 4.72. The number of hydrogen-bond donors (Lipinski definition) is 1. The zero-order chi connectivity index (χ0) is 16.0. The van der Waals surface area contributed by atoms with Crippen LogP contribution in [0.15, 0.2) is 11.2 Å². The van der Waals surface area contributed by atoms with Crippen LogP contribution in [0.4, 0.5) is 0 Å². The van der Waals surface area contributed by atoms with Crippen LogP contribution in [0.3, 0.4) is 0 Å². The van der Waals surface area contributed by atoms with E-state index in [1.54, 1.807) is 11.3 Å². The fraction of sp³-hybridized carbons (Fsp3) is 0.765. The molecule has 1 N–H and O–H groups in total. The van der Waals surface area contributed by atoms with E-state index in [4.69, 9.17) is 0 Å². The number of piperidine rings is 1. The van der Waals surface area contributed by atoms with Crippen LogP contribution in [-0.4, -0.2) is 42.5 Å². The fourth-order valence-corrected chi connectivity index (χ4v) is 4.22. The Kier molecular flexibility index (Phi) is 8.82. The Morgan fingerprint density at radius 3 is 2.91 bits per heavy atom. The Bertz CT molecular complexity index is 499. The van der Waals surface area contributed by atoms with Crippen molar-refractivity contribution in [3.05, 3.63) is 16.1 Å². The molecule has 4 nitrogen and oxygen atoms in total. The smallest absolute Gasteiger partial charge is 0.193 e. The van der Waals surface area contributed by atoms with Crippen molar-refractivity contribution in [1.29, 1.82) is 0 Å². The third-order valence-electron chi connectivity index (χ3n) is 4.44. The van der Waals surface area contributed by atoms with Crippen molar-refractivity contribution in [3.63, 3.8) is 0 Å². The zero-order valence-corrected chi connectivity index (χ0v) is 18.0. The lowest BCUT2D eigenvalue weighted by Crippen LogP contribution is -2.50. The first-order valence-electron chi connectivity index (χ1n) is 8.43. The van der Waals surface area contributed by atoms with Gasteiger partial charge in [0.15, 0.2) is 5.96 Å². The molecule has 1 fully saturated rings. The van der Waals surface area contributed by atoms with Gasteiger partial charge in [0, 0.05) is 44.2 Å². The van der Waals surface area contributed by atoms with Gasteiger partial charge in [-0.3, -0.25) is 4.99 Å². The number of hydrogen-bond acceptors (Lipinski definition) is 3. The van der Waals surface area contributed by atoms with Crippen molar-refractivity contribution in [2.24, 2.45) is 10.4 Å². The second-order valence-corrected chi connectivity index (χ2v) is 7.99. The molecule has 6 heteroatoms. The Balaban J connectivity index is 0.00000264. The van der Waals surface area contributed by atoms with E-state index in [1.165, 1.54) is 35.6 Å². The number of guanidine groups is 1. The predicted molar refractivity (Wildman–Crippen MR) is 111 cm³/mol. The number of aliphatic imine (C=N–C) groups is 1. The highest BCUT2D eigenvalue weighted by atomic mass is 127. The number of halogens is 1. The van der Waals surface area contributed by atoms with Crippen molar-refractivity contribution >= 4 is 41.3 Å². The lowest BCUT2D eigenvalue weighted by molar-refractivity contribution is 0.142. The Morgan fingerprint density at radius 2 is 2.30 bits per heavy atom. The molecule has 0 spiro atoms. The van der Waals surface area contributed by atoms with Gasteiger partial charge in [-0.25, -0.2) is 4.98 Å². The number of rotatable bonds is 5. The molecule has 0 saturated carbocycles. The van der Waals surface area contributed by atoms with Crippen LogP contribution in [-0.2, 0) is 6.42 Å². The number of nitrogens with zero attached hydrogens (tertiary/aromatic N) is 3. The Morgan fingerprint density at radius 1 is 1.52 bits per heavy atom. The van der Waals surface area contributed by atoms with E-state index in [0.29, 0.717) is 5.41 Å². The molecule has 0 aromatic carbocycles. The molecule has 2 rings (SSSR count). The SMILES string of the molecule is CCCC1(C)CCCN(C(=NC)NCCc2ncc(C)s2)C1.I. The standard InChI is InChI=1S/C17H30N4S.HI/c1-5-8-17(3)9-6-11-21(13-17)16(18-4)19-10-7-15-20-12-14(2)22-15;/h12H,5-11,13H2,1-4H3,(H,18,19);1H. The molecule has 1 aromatic rings. The summed E-state index contributed by atoms with van der Waals surface area (Å²) in [6.07, 6.45) is 8.10. The molecule has 0 aliphatic carbocycles. The summed E-state index contributed by atoms with van der Waals surface area (Å²) in [4.78, 5) is 12.6. The minimum Gasteiger partial charge on any atom is -0.356 e. The van der Waals surface area contributed by atoms with Crippen LogP contribution in [0.1, 0.15) is 49.4 Å². The third-order valence-corrected chi connectivity index (χ3v) is 5.41. The Hall–Kier alpha value is -0.370. The van der Waals surface area contributed by atoms with Crippen molar-refractivity contribution in [2.45, 2.75) is 52.9 Å². The molecule has 0 radical (unpaired) electrons. The van der Waals surface area contributed by atoms with Gasteiger partial charge in [-0.2, -0.15) is 0 Å². The number of thiazole rings is 1.